The van der Waals surface area contributed by atoms with E-state index in [1.807, 2.05) is 25.1 Å². The van der Waals surface area contributed by atoms with Crippen molar-refractivity contribution < 1.29 is 4.74 Å². The van der Waals surface area contributed by atoms with Gasteiger partial charge < -0.3 is 10.1 Å². The zero-order valence-corrected chi connectivity index (χ0v) is 17.0. The molecule has 0 spiro atoms. The third-order valence-corrected chi connectivity index (χ3v) is 5.42. The molecule has 1 aliphatic heterocycles. The fourth-order valence-electron chi connectivity index (χ4n) is 3.63. The largest absolute Gasteiger partial charge is 0.379 e. The van der Waals surface area contributed by atoms with Crippen LogP contribution in [0.2, 0.25) is 0 Å². The van der Waals surface area contributed by atoms with Crippen LogP contribution in [0.1, 0.15) is 22.9 Å². The molecule has 1 atom stereocenters. The SMILES string of the molecule is Cc1nc(-c2ccccn2)nc(NCC(c2ccccc2)N2CCOCC2)c1C. The zero-order valence-electron chi connectivity index (χ0n) is 17.0. The van der Waals surface area contributed by atoms with Gasteiger partial charge in [0.25, 0.3) is 0 Å². The Kier molecular flexibility index (Phi) is 6.12. The molecule has 1 fully saturated rings. The number of anilines is 1. The van der Waals surface area contributed by atoms with Gasteiger partial charge in [0.2, 0.25) is 0 Å². The van der Waals surface area contributed by atoms with Gasteiger partial charge in [0.15, 0.2) is 5.82 Å². The smallest absolute Gasteiger partial charge is 0.180 e. The first kappa shape index (κ1) is 19.5. The first-order valence-corrected chi connectivity index (χ1v) is 10.1. The summed E-state index contributed by atoms with van der Waals surface area (Å²) >= 11 is 0. The summed E-state index contributed by atoms with van der Waals surface area (Å²) in [6.45, 7) is 8.27. The molecule has 1 aliphatic rings. The average Bonchev–Trinajstić information content (AvgIpc) is 2.78. The number of rotatable bonds is 6. The van der Waals surface area contributed by atoms with E-state index in [9.17, 15) is 0 Å². The molecule has 0 saturated carbocycles. The highest BCUT2D eigenvalue weighted by molar-refractivity contribution is 5.56. The number of hydrogen-bond acceptors (Lipinski definition) is 6. The number of ether oxygens (including phenoxy) is 1. The molecule has 2 aromatic heterocycles. The molecular formula is C23H27N5O. The Morgan fingerprint density at radius 3 is 2.48 bits per heavy atom. The molecule has 1 N–H and O–H groups in total. The number of morpholine rings is 1. The van der Waals surface area contributed by atoms with Gasteiger partial charge in [-0.1, -0.05) is 36.4 Å². The van der Waals surface area contributed by atoms with Gasteiger partial charge >= 0.3 is 0 Å². The van der Waals surface area contributed by atoms with Crippen molar-refractivity contribution in [1.82, 2.24) is 19.9 Å². The Morgan fingerprint density at radius 2 is 1.76 bits per heavy atom. The number of aryl methyl sites for hydroxylation is 1. The molecular weight excluding hydrogens is 362 g/mol. The van der Waals surface area contributed by atoms with E-state index in [0.717, 1.165) is 55.6 Å². The van der Waals surface area contributed by atoms with E-state index < -0.39 is 0 Å². The van der Waals surface area contributed by atoms with Gasteiger partial charge in [0, 0.05) is 37.1 Å². The lowest BCUT2D eigenvalue weighted by Crippen LogP contribution is -2.41. The van der Waals surface area contributed by atoms with Crippen molar-refractivity contribution in [2.75, 3.05) is 38.2 Å². The number of benzene rings is 1. The Bertz CT molecular complexity index is 927. The minimum atomic E-state index is 0.257. The minimum Gasteiger partial charge on any atom is -0.379 e. The zero-order chi connectivity index (χ0) is 20.1. The number of nitrogens with zero attached hydrogens (tertiary/aromatic N) is 4. The molecule has 1 aromatic carbocycles. The fraction of sp³-hybridized carbons (Fsp3) is 0.348. The highest BCUT2D eigenvalue weighted by Crippen LogP contribution is 2.25. The van der Waals surface area contributed by atoms with Crippen molar-refractivity contribution in [1.29, 1.82) is 0 Å². The van der Waals surface area contributed by atoms with E-state index >= 15 is 0 Å². The molecule has 6 nitrogen and oxygen atoms in total. The molecule has 29 heavy (non-hydrogen) atoms. The molecule has 0 amide bonds. The minimum absolute atomic E-state index is 0.257. The Morgan fingerprint density at radius 1 is 1.00 bits per heavy atom. The quantitative estimate of drug-likeness (QED) is 0.694. The lowest BCUT2D eigenvalue weighted by molar-refractivity contribution is 0.0187. The maximum atomic E-state index is 5.56. The van der Waals surface area contributed by atoms with Crippen LogP contribution >= 0.6 is 0 Å². The third kappa shape index (κ3) is 4.60. The molecule has 3 aromatic rings. The third-order valence-electron chi connectivity index (χ3n) is 5.42. The summed E-state index contributed by atoms with van der Waals surface area (Å²) in [7, 11) is 0. The van der Waals surface area contributed by atoms with Crippen LogP contribution in [0.15, 0.2) is 54.7 Å². The Labute approximate surface area is 172 Å². The highest BCUT2D eigenvalue weighted by atomic mass is 16.5. The maximum Gasteiger partial charge on any atom is 0.180 e. The molecule has 1 unspecified atom stereocenters. The predicted octanol–water partition coefficient (Wildman–Crippen LogP) is 3.64. The molecule has 6 heteroatoms. The maximum absolute atomic E-state index is 5.56. The highest BCUT2D eigenvalue weighted by Gasteiger charge is 2.23. The van der Waals surface area contributed by atoms with E-state index in [1.165, 1.54) is 5.56 Å². The number of aromatic nitrogens is 3. The van der Waals surface area contributed by atoms with Crippen LogP contribution in [0, 0.1) is 13.8 Å². The second-order valence-electron chi connectivity index (χ2n) is 7.28. The van der Waals surface area contributed by atoms with E-state index in [4.69, 9.17) is 9.72 Å². The summed E-state index contributed by atoms with van der Waals surface area (Å²) < 4.78 is 5.56. The van der Waals surface area contributed by atoms with Gasteiger partial charge in [-0.2, -0.15) is 0 Å². The van der Waals surface area contributed by atoms with Gasteiger partial charge in [-0.05, 0) is 31.5 Å². The summed E-state index contributed by atoms with van der Waals surface area (Å²) in [6.07, 6.45) is 1.77. The van der Waals surface area contributed by atoms with Crippen molar-refractivity contribution in [3.05, 3.63) is 71.5 Å². The van der Waals surface area contributed by atoms with Gasteiger partial charge in [-0.15, -0.1) is 0 Å². The van der Waals surface area contributed by atoms with Crippen LogP contribution in [0.5, 0.6) is 0 Å². The lowest BCUT2D eigenvalue weighted by Gasteiger charge is -2.35. The first-order valence-electron chi connectivity index (χ1n) is 10.1. The van der Waals surface area contributed by atoms with E-state index in [1.54, 1.807) is 6.20 Å². The summed E-state index contributed by atoms with van der Waals surface area (Å²) in [6, 6.07) is 16.7. The van der Waals surface area contributed by atoms with Gasteiger partial charge in [0.05, 0.1) is 19.3 Å². The lowest BCUT2D eigenvalue weighted by atomic mass is 10.0. The first-order chi connectivity index (χ1) is 14.2. The average molecular weight is 390 g/mol. The van der Waals surface area contributed by atoms with Gasteiger partial charge in [-0.25, -0.2) is 9.97 Å². The van der Waals surface area contributed by atoms with Crippen LogP contribution in [0.4, 0.5) is 5.82 Å². The van der Waals surface area contributed by atoms with Crippen LogP contribution in [-0.4, -0.2) is 52.7 Å². The Balaban J connectivity index is 1.59. The van der Waals surface area contributed by atoms with Crippen molar-refractivity contribution in [2.24, 2.45) is 0 Å². The molecule has 4 rings (SSSR count). The van der Waals surface area contributed by atoms with E-state index in [0.29, 0.717) is 5.82 Å². The summed E-state index contributed by atoms with van der Waals surface area (Å²) in [5.41, 5.74) is 4.12. The molecule has 0 aliphatic carbocycles. The molecule has 0 bridgehead atoms. The monoisotopic (exact) mass is 389 g/mol. The molecule has 1 saturated heterocycles. The molecule has 0 radical (unpaired) electrons. The number of nitrogens with one attached hydrogen (secondary N) is 1. The molecule has 3 heterocycles. The molecule has 150 valence electrons. The second kappa shape index (κ2) is 9.11. The standard InChI is InChI=1S/C23H27N5O/c1-17-18(2)26-23(20-10-6-7-11-24-20)27-22(17)25-16-21(19-8-4-3-5-9-19)28-12-14-29-15-13-28/h3-11,21H,12-16H2,1-2H3,(H,25,26,27). The predicted molar refractivity (Wildman–Crippen MR) is 115 cm³/mol. The van der Waals surface area contributed by atoms with Crippen molar-refractivity contribution in [3.8, 4) is 11.5 Å². The van der Waals surface area contributed by atoms with Gasteiger partial charge in [-0.3, -0.25) is 9.88 Å². The topological polar surface area (TPSA) is 63.2 Å². The summed E-state index contributed by atoms with van der Waals surface area (Å²) in [4.78, 5) is 16.3. The van der Waals surface area contributed by atoms with Crippen molar-refractivity contribution in [2.45, 2.75) is 19.9 Å². The number of pyridine rings is 1. The van der Waals surface area contributed by atoms with Gasteiger partial charge in [0.1, 0.15) is 11.5 Å². The van der Waals surface area contributed by atoms with Crippen LogP contribution in [0.3, 0.4) is 0 Å². The Hall–Kier alpha value is -2.83. The van der Waals surface area contributed by atoms with Crippen LogP contribution in [0.25, 0.3) is 11.5 Å². The van der Waals surface area contributed by atoms with E-state index in [-0.39, 0.29) is 6.04 Å². The summed E-state index contributed by atoms with van der Waals surface area (Å²) in [5.74, 6) is 1.52. The van der Waals surface area contributed by atoms with Crippen LogP contribution < -0.4 is 5.32 Å². The summed E-state index contributed by atoms with van der Waals surface area (Å²) in [5, 5.41) is 3.60. The van der Waals surface area contributed by atoms with Crippen LogP contribution in [-0.2, 0) is 4.74 Å². The van der Waals surface area contributed by atoms with E-state index in [2.05, 4.69) is 57.4 Å². The number of hydrogen-bond donors (Lipinski definition) is 1. The fourth-order valence-corrected chi connectivity index (χ4v) is 3.63. The normalized spacial score (nSPS) is 15.8. The van der Waals surface area contributed by atoms with Crippen molar-refractivity contribution >= 4 is 5.82 Å². The second-order valence-corrected chi connectivity index (χ2v) is 7.28. The van der Waals surface area contributed by atoms with Crippen molar-refractivity contribution in [3.63, 3.8) is 0 Å².